The van der Waals surface area contributed by atoms with Gasteiger partial charge in [0, 0.05) is 30.8 Å². The fraction of sp³-hybridized carbons (Fsp3) is 0.385. The third-order valence-electron chi connectivity index (χ3n) is 6.72. The molecule has 0 N–H and O–H groups in total. The number of benzene rings is 2. The zero-order valence-electron chi connectivity index (χ0n) is 17.7. The molecule has 2 heterocycles. The second-order valence-electron chi connectivity index (χ2n) is 9.52. The molecule has 0 fully saturated rings. The van der Waals surface area contributed by atoms with Crippen LogP contribution in [0.4, 0.5) is 4.79 Å². The van der Waals surface area contributed by atoms with E-state index in [4.69, 9.17) is 0 Å². The highest BCUT2D eigenvalue weighted by Gasteiger charge is 2.48. The SMILES string of the molecule is CC1(C)CC(=O)C2=C(C1)N(CCc1ccccc1)C(=O)N1CCc3ccccc3C21. The van der Waals surface area contributed by atoms with Crippen LogP contribution in [0.15, 0.2) is 65.9 Å². The Bertz CT molecular complexity index is 1040. The Labute approximate surface area is 178 Å². The van der Waals surface area contributed by atoms with Crippen molar-refractivity contribution in [1.29, 1.82) is 0 Å². The minimum absolute atomic E-state index is 0.0506. The molecular formula is C26H28N2O2. The molecule has 2 aliphatic heterocycles. The standard InChI is InChI=1S/C26H28N2O2/c1-26(2)16-21-23(22(29)17-26)24-20-11-7-6-10-19(20)13-15-28(24)25(30)27(21)14-12-18-8-4-3-5-9-18/h3-11,24H,12-17H2,1-2H3. The van der Waals surface area contributed by atoms with E-state index in [0.29, 0.717) is 19.5 Å². The first kappa shape index (κ1) is 19.1. The Morgan fingerprint density at radius 3 is 2.50 bits per heavy atom. The van der Waals surface area contributed by atoms with E-state index >= 15 is 0 Å². The Balaban J connectivity index is 1.60. The molecule has 0 radical (unpaired) electrons. The lowest BCUT2D eigenvalue weighted by molar-refractivity contribution is -0.119. The van der Waals surface area contributed by atoms with Gasteiger partial charge in [-0.15, -0.1) is 0 Å². The van der Waals surface area contributed by atoms with Gasteiger partial charge in [-0.3, -0.25) is 9.69 Å². The van der Waals surface area contributed by atoms with Gasteiger partial charge < -0.3 is 4.90 Å². The van der Waals surface area contributed by atoms with Gasteiger partial charge >= 0.3 is 6.03 Å². The largest absolute Gasteiger partial charge is 0.325 e. The summed E-state index contributed by atoms with van der Waals surface area (Å²) < 4.78 is 0. The summed E-state index contributed by atoms with van der Waals surface area (Å²) >= 11 is 0. The zero-order chi connectivity index (χ0) is 20.9. The number of fused-ring (bicyclic) bond motifs is 4. The first-order chi connectivity index (χ1) is 14.4. The maximum absolute atomic E-state index is 13.7. The maximum atomic E-state index is 13.7. The van der Waals surface area contributed by atoms with Crippen LogP contribution in [-0.2, 0) is 17.6 Å². The fourth-order valence-corrected chi connectivity index (χ4v) is 5.32. The summed E-state index contributed by atoms with van der Waals surface area (Å²) in [6, 6.07) is 18.4. The monoisotopic (exact) mass is 400 g/mol. The van der Waals surface area contributed by atoms with Crippen LogP contribution in [0.5, 0.6) is 0 Å². The molecule has 4 heteroatoms. The number of allylic oxidation sites excluding steroid dienone is 1. The third-order valence-corrected chi connectivity index (χ3v) is 6.72. The van der Waals surface area contributed by atoms with Crippen molar-refractivity contribution in [2.75, 3.05) is 13.1 Å². The summed E-state index contributed by atoms with van der Waals surface area (Å²) in [6.07, 6.45) is 2.93. The van der Waals surface area contributed by atoms with Crippen LogP contribution in [0, 0.1) is 5.41 Å². The minimum atomic E-state index is -0.228. The summed E-state index contributed by atoms with van der Waals surface area (Å²) in [6.45, 7) is 5.54. The molecule has 0 saturated heterocycles. The first-order valence-electron chi connectivity index (χ1n) is 10.9. The first-order valence-corrected chi connectivity index (χ1v) is 10.9. The molecule has 2 amide bonds. The van der Waals surface area contributed by atoms with Crippen molar-refractivity contribution in [3.05, 3.63) is 82.6 Å². The van der Waals surface area contributed by atoms with Crippen LogP contribution < -0.4 is 0 Å². The third kappa shape index (κ3) is 3.15. The van der Waals surface area contributed by atoms with Gasteiger partial charge in [0.2, 0.25) is 0 Å². The predicted molar refractivity (Wildman–Crippen MR) is 117 cm³/mol. The number of amides is 2. The van der Waals surface area contributed by atoms with E-state index in [1.165, 1.54) is 11.1 Å². The van der Waals surface area contributed by atoms with E-state index in [9.17, 15) is 9.59 Å². The van der Waals surface area contributed by atoms with Gasteiger partial charge in [-0.1, -0.05) is 68.4 Å². The number of rotatable bonds is 3. The summed E-state index contributed by atoms with van der Waals surface area (Å²) in [4.78, 5) is 30.9. The molecule has 1 aliphatic carbocycles. The Kier molecular flexibility index (Phi) is 4.53. The number of carbonyl (C=O) groups is 2. The number of ketones is 1. The molecule has 0 saturated carbocycles. The van der Waals surface area contributed by atoms with Crippen LogP contribution in [0.3, 0.4) is 0 Å². The molecule has 154 valence electrons. The highest BCUT2D eigenvalue weighted by atomic mass is 16.2. The van der Waals surface area contributed by atoms with Gasteiger partial charge in [-0.2, -0.15) is 0 Å². The molecule has 30 heavy (non-hydrogen) atoms. The molecule has 5 rings (SSSR count). The van der Waals surface area contributed by atoms with Crippen molar-refractivity contribution in [1.82, 2.24) is 9.80 Å². The Morgan fingerprint density at radius 1 is 0.967 bits per heavy atom. The Morgan fingerprint density at radius 2 is 1.70 bits per heavy atom. The number of urea groups is 1. The summed E-state index contributed by atoms with van der Waals surface area (Å²) in [5.74, 6) is 0.199. The highest BCUT2D eigenvalue weighted by molar-refractivity contribution is 6.01. The number of nitrogens with zero attached hydrogens (tertiary/aromatic N) is 2. The Hall–Kier alpha value is -2.88. The van der Waals surface area contributed by atoms with Crippen LogP contribution in [0.1, 0.15) is 49.4 Å². The van der Waals surface area contributed by atoms with Crippen molar-refractivity contribution in [3.8, 4) is 0 Å². The van der Waals surface area contributed by atoms with Crippen LogP contribution >= 0.6 is 0 Å². The minimum Gasteiger partial charge on any atom is -0.313 e. The molecule has 3 aliphatic rings. The topological polar surface area (TPSA) is 40.6 Å². The van der Waals surface area contributed by atoms with Crippen molar-refractivity contribution in [3.63, 3.8) is 0 Å². The average molecular weight is 401 g/mol. The van der Waals surface area contributed by atoms with Crippen LogP contribution in [-0.4, -0.2) is 34.7 Å². The molecule has 1 atom stereocenters. The molecule has 0 bridgehead atoms. The predicted octanol–water partition coefficient (Wildman–Crippen LogP) is 4.91. The van der Waals surface area contributed by atoms with Gasteiger partial charge in [0.15, 0.2) is 5.78 Å². The molecule has 0 spiro atoms. The van der Waals surface area contributed by atoms with Crippen LogP contribution in [0.25, 0.3) is 0 Å². The molecule has 1 unspecified atom stereocenters. The van der Waals surface area contributed by atoms with Crippen molar-refractivity contribution in [2.45, 2.75) is 45.6 Å². The number of carbonyl (C=O) groups excluding carboxylic acids is 2. The lowest BCUT2D eigenvalue weighted by atomic mass is 9.71. The van der Waals surface area contributed by atoms with Crippen molar-refractivity contribution >= 4 is 11.8 Å². The van der Waals surface area contributed by atoms with E-state index in [0.717, 1.165) is 36.1 Å². The lowest BCUT2D eigenvalue weighted by Gasteiger charge is -2.49. The summed E-state index contributed by atoms with van der Waals surface area (Å²) in [5.41, 5.74) is 5.27. The number of hydrogen-bond acceptors (Lipinski definition) is 2. The van der Waals surface area contributed by atoms with Gasteiger partial charge in [0.25, 0.3) is 0 Å². The van der Waals surface area contributed by atoms with Gasteiger partial charge in [-0.05, 0) is 41.4 Å². The quantitative estimate of drug-likeness (QED) is 0.735. The van der Waals surface area contributed by atoms with Gasteiger partial charge in [0.1, 0.15) is 0 Å². The van der Waals surface area contributed by atoms with Crippen LogP contribution in [0.2, 0.25) is 0 Å². The van der Waals surface area contributed by atoms with Crippen molar-refractivity contribution < 1.29 is 9.59 Å². The zero-order valence-corrected chi connectivity index (χ0v) is 17.7. The van der Waals surface area contributed by atoms with Gasteiger partial charge in [-0.25, -0.2) is 4.79 Å². The lowest BCUT2D eigenvalue weighted by Crippen LogP contribution is -2.55. The number of Topliss-reactive ketones (excluding diaryl/α,β-unsaturated/α-hetero) is 1. The van der Waals surface area contributed by atoms with Crippen molar-refractivity contribution in [2.24, 2.45) is 5.41 Å². The second kappa shape index (κ2) is 7.12. The molecule has 4 nitrogen and oxygen atoms in total. The summed E-state index contributed by atoms with van der Waals surface area (Å²) in [5, 5.41) is 0. The number of hydrogen-bond donors (Lipinski definition) is 0. The van der Waals surface area contributed by atoms with Gasteiger partial charge in [0.05, 0.1) is 6.04 Å². The van der Waals surface area contributed by atoms with E-state index in [1.807, 2.05) is 40.1 Å². The van der Waals surface area contributed by atoms with E-state index in [-0.39, 0.29) is 23.3 Å². The highest BCUT2D eigenvalue weighted by Crippen LogP contribution is 2.48. The second-order valence-corrected chi connectivity index (χ2v) is 9.52. The summed E-state index contributed by atoms with van der Waals surface area (Å²) in [7, 11) is 0. The molecule has 2 aromatic carbocycles. The fourth-order valence-electron chi connectivity index (χ4n) is 5.32. The molecule has 2 aromatic rings. The van der Waals surface area contributed by atoms with E-state index in [1.54, 1.807) is 0 Å². The van der Waals surface area contributed by atoms with E-state index < -0.39 is 0 Å². The van der Waals surface area contributed by atoms with E-state index in [2.05, 4.69) is 38.1 Å². The maximum Gasteiger partial charge on any atom is 0.325 e. The normalized spacial score (nSPS) is 22.5. The smallest absolute Gasteiger partial charge is 0.313 e. The average Bonchev–Trinajstić information content (AvgIpc) is 2.73. The molecule has 0 aromatic heterocycles. The molecular weight excluding hydrogens is 372 g/mol.